The molecule has 0 atom stereocenters. The molecule has 1 aromatic heterocycles. The maximum absolute atomic E-state index is 12.9. The van der Waals surface area contributed by atoms with E-state index in [0.29, 0.717) is 11.6 Å². The second-order valence-electron chi connectivity index (χ2n) is 6.05. The van der Waals surface area contributed by atoms with Gasteiger partial charge in [-0.05, 0) is 61.9 Å². The van der Waals surface area contributed by atoms with Crippen LogP contribution in [-0.2, 0) is 4.79 Å². The van der Waals surface area contributed by atoms with Crippen molar-refractivity contribution in [1.82, 2.24) is 9.97 Å². The summed E-state index contributed by atoms with van der Waals surface area (Å²) in [4.78, 5) is 20.8. The number of aryl methyl sites for hydroxylation is 2. The molecule has 0 aliphatic rings. The Hall–Kier alpha value is -3.54. The van der Waals surface area contributed by atoms with Crippen LogP contribution in [0.4, 0.5) is 21.7 Å². The molecule has 0 radical (unpaired) electrons. The fourth-order valence-corrected chi connectivity index (χ4v) is 2.52. The first-order chi connectivity index (χ1) is 13.0. The summed E-state index contributed by atoms with van der Waals surface area (Å²) in [5.41, 5.74) is 3.90. The Bertz CT molecular complexity index is 963. The summed E-state index contributed by atoms with van der Waals surface area (Å²) in [7, 11) is 0. The van der Waals surface area contributed by atoms with Crippen LogP contribution in [0.5, 0.6) is 0 Å². The third-order valence-corrected chi connectivity index (χ3v) is 3.67. The highest BCUT2D eigenvalue weighted by molar-refractivity contribution is 6.02. The highest BCUT2D eigenvalue weighted by Gasteiger charge is 2.03. The van der Waals surface area contributed by atoms with Gasteiger partial charge in [-0.3, -0.25) is 4.79 Å². The Morgan fingerprint density at radius 1 is 0.963 bits per heavy atom. The van der Waals surface area contributed by atoms with Crippen LogP contribution in [0, 0.1) is 19.7 Å². The molecule has 0 aliphatic heterocycles. The molecule has 0 saturated heterocycles. The van der Waals surface area contributed by atoms with Crippen molar-refractivity contribution in [3.63, 3.8) is 0 Å². The van der Waals surface area contributed by atoms with Gasteiger partial charge in [0.05, 0.1) is 0 Å². The molecule has 2 N–H and O–H groups in total. The number of aromatic nitrogens is 2. The van der Waals surface area contributed by atoms with E-state index in [1.165, 1.54) is 18.2 Å². The zero-order valence-corrected chi connectivity index (χ0v) is 15.0. The molecule has 5 nitrogen and oxygen atoms in total. The molecule has 0 aliphatic carbocycles. The number of nitrogens with one attached hydrogen (secondary N) is 2. The van der Waals surface area contributed by atoms with E-state index >= 15 is 0 Å². The smallest absolute Gasteiger partial charge is 0.248 e. The number of rotatable bonds is 5. The Kier molecular flexibility index (Phi) is 5.56. The molecular formula is C21H19FN4O. The van der Waals surface area contributed by atoms with Crippen LogP contribution in [0.15, 0.2) is 60.7 Å². The molecular weight excluding hydrogens is 343 g/mol. The standard InChI is InChI=1S/C21H19FN4O/c1-14-12-15(2)24-21(23-14)26-19-5-3-4-18(13-19)25-20(27)11-8-16-6-9-17(22)10-7-16/h3-13H,1-2H3,(H,25,27)(H,23,24,26)/b11-8+. The van der Waals surface area contributed by atoms with Crippen molar-refractivity contribution < 1.29 is 9.18 Å². The third-order valence-electron chi connectivity index (χ3n) is 3.67. The number of halogens is 1. The monoisotopic (exact) mass is 362 g/mol. The van der Waals surface area contributed by atoms with E-state index in [2.05, 4.69) is 20.6 Å². The second-order valence-corrected chi connectivity index (χ2v) is 6.05. The summed E-state index contributed by atoms with van der Waals surface area (Å²) < 4.78 is 12.9. The number of anilines is 3. The van der Waals surface area contributed by atoms with Crippen molar-refractivity contribution in [1.29, 1.82) is 0 Å². The van der Waals surface area contributed by atoms with E-state index in [1.807, 2.05) is 32.0 Å². The summed E-state index contributed by atoms with van der Waals surface area (Å²) in [5.74, 6) is -0.0833. The van der Waals surface area contributed by atoms with Gasteiger partial charge in [0.15, 0.2) is 0 Å². The highest BCUT2D eigenvalue weighted by atomic mass is 19.1. The maximum Gasteiger partial charge on any atom is 0.248 e. The van der Waals surface area contributed by atoms with Crippen molar-refractivity contribution in [3.05, 3.63) is 83.4 Å². The predicted molar refractivity (Wildman–Crippen MR) is 105 cm³/mol. The Labute approximate surface area is 157 Å². The molecule has 3 rings (SSSR count). The van der Waals surface area contributed by atoms with Crippen molar-refractivity contribution in [2.45, 2.75) is 13.8 Å². The molecule has 136 valence electrons. The zero-order chi connectivity index (χ0) is 19.2. The number of nitrogens with zero attached hydrogens (tertiary/aromatic N) is 2. The number of carbonyl (C=O) groups is 1. The van der Waals surface area contributed by atoms with Gasteiger partial charge in [-0.15, -0.1) is 0 Å². The molecule has 1 heterocycles. The SMILES string of the molecule is Cc1cc(C)nc(Nc2cccc(NC(=O)/C=C/c3ccc(F)cc3)c2)n1. The van der Waals surface area contributed by atoms with Gasteiger partial charge in [-0.1, -0.05) is 18.2 Å². The summed E-state index contributed by atoms with van der Waals surface area (Å²) in [6.07, 6.45) is 3.03. The van der Waals surface area contributed by atoms with E-state index in [0.717, 1.165) is 22.6 Å². The lowest BCUT2D eigenvalue weighted by Crippen LogP contribution is -2.08. The minimum absolute atomic E-state index is 0.279. The van der Waals surface area contributed by atoms with Gasteiger partial charge in [0, 0.05) is 28.8 Å². The predicted octanol–water partition coefficient (Wildman–Crippen LogP) is 4.63. The first-order valence-electron chi connectivity index (χ1n) is 8.42. The fraction of sp³-hybridized carbons (Fsp3) is 0.0952. The summed E-state index contributed by atoms with van der Waals surface area (Å²) >= 11 is 0. The van der Waals surface area contributed by atoms with Crippen molar-refractivity contribution in [3.8, 4) is 0 Å². The first kappa shape index (κ1) is 18.3. The highest BCUT2D eigenvalue weighted by Crippen LogP contribution is 2.18. The van der Waals surface area contributed by atoms with Crippen LogP contribution in [0.1, 0.15) is 17.0 Å². The van der Waals surface area contributed by atoms with Gasteiger partial charge < -0.3 is 10.6 Å². The Morgan fingerprint density at radius 3 is 2.33 bits per heavy atom. The lowest BCUT2D eigenvalue weighted by atomic mass is 10.2. The minimum atomic E-state index is -0.311. The average molecular weight is 362 g/mol. The Morgan fingerprint density at radius 2 is 1.63 bits per heavy atom. The van der Waals surface area contributed by atoms with Crippen LogP contribution in [0.25, 0.3) is 6.08 Å². The van der Waals surface area contributed by atoms with E-state index in [4.69, 9.17) is 0 Å². The van der Waals surface area contributed by atoms with Crippen LogP contribution in [0.2, 0.25) is 0 Å². The molecule has 2 aromatic carbocycles. The van der Waals surface area contributed by atoms with Gasteiger partial charge >= 0.3 is 0 Å². The normalized spacial score (nSPS) is 10.8. The number of hydrogen-bond acceptors (Lipinski definition) is 4. The number of benzene rings is 2. The molecule has 6 heteroatoms. The van der Waals surface area contributed by atoms with Crippen LogP contribution < -0.4 is 10.6 Å². The van der Waals surface area contributed by atoms with Gasteiger partial charge in [-0.2, -0.15) is 0 Å². The summed E-state index contributed by atoms with van der Waals surface area (Å²) in [5, 5.41) is 5.93. The number of hydrogen-bond donors (Lipinski definition) is 2. The number of carbonyl (C=O) groups excluding carboxylic acids is 1. The fourth-order valence-electron chi connectivity index (χ4n) is 2.52. The van der Waals surface area contributed by atoms with Crippen molar-refractivity contribution in [2.24, 2.45) is 0 Å². The van der Waals surface area contributed by atoms with Crippen LogP contribution in [0.3, 0.4) is 0 Å². The van der Waals surface area contributed by atoms with Gasteiger partial charge in [0.2, 0.25) is 11.9 Å². The average Bonchev–Trinajstić information content (AvgIpc) is 2.61. The molecule has 0 unspecified atom stereocenters. The molecule has 3 aromatic rings. The van der Waals surface area contributed by atoms with Gasteiger partial charge in [-0.25, -0.2) is 14.4 Å². The van der Waals surface area contributed by atoms with Crippen LogP contribution in [-0.4, -0.2) is 15.9 Å². The third kappa shape index (κ3) is 5.47. The van der Waals surface area contributed by atoms with E-state index < -0.39 is 0 Å². The Balaban J connectivity index is 1.66. The molecule has 0 fully saturated rings. The van der Waals surface area contributed by atoms with Crippen molar-refractivity contribution >= 4 is 29.3 Å². The van der Waals surface area contributed by atoms with E-state index in [1.54, 1.807) is 30.3 Å². The largest absolute Gasteiger partial charge is 0.324 e. The first-order valence-corrected chi connectivity index (χ1v) is 8.42. The molecule has 1 amide bonds. The van der Waals surface area contributed by atoms with E-state index in [-0.39, 0.29) is 11.7 Å². The summed E-state index contributed by atoms with van der Waals surface area (Å²) in [6.45, 7) is 3.81. The molecule has 0 bridgehead atoms. The quantitative estimate of drug-likeness (QED) is 0.650. The molecule has 0 spiro atoms. The van der Waals surface area contributed by atoms with Gasteiger partial charge in [0.25, 0.3) is 0 Å². The second kappa shape index (κ2) is 8.23. The lowest BCUT2D eigenvalue weighted by Gasteiger charge is -2.08. The topological polar surface area (TPSA) is 66.9 Å². The maximum atomic E-state index is 12.9. The molecule has 0 saturated carbocycles. The number of amides is 1. The molecule has 27 heavy (non-hydrogen) atoms. The zero-order valence-electron chi connectivity index (χ0n) is 15.0. The summed E-state index contributed by atoms with van der Waals surface area (Å²) in [6, 6.07) is 15.1. The van der Waals surface area contributed by atoms with Crippen molar-refractivity contribution in [2.75, 3.05) is 10.6 Å². The van der Waals surface area contributed by atoms with Crippen LogP contribution >= 0.6 is 0 Å². The lowest BCUT2D eigenvalue weighted by molar-refractivity contribution is -0.111. The van der Waals surface area contributed by atoms with E-state index in [9.17, 15) is 9.18 Å². The van der Waals surface area contributed by atoms with Gasteiger partial charge in [0.1, 0.15) is 5.82 Å². The minimum Gasteiger partial charge on any atom is -0.324 e.